The molecule has 0 saturated carbocycles. The molecule has 2 N–H and O–H groups in total. The van der Waals surface area contributed by atoms with Crippen LogP contribution in [0.4, 0.5) is 5.69 Å². The zero-order valence-electron chi connectivity index (χ0n) is 13.9. The molecule has 6 nitrogen and oxygen atoms in total. The van der Waals surface area contributed by atoms with Crippen molar-refractivity contribution in [3.05, 3.63) is 30.3 Å². The normalized spacial score (nSPS) is 18.6. The van der Waals surface area contributed by atoms with Crippen LogP contribution in [0.1, 0.15) is 26.7 Å². The lowest BCUT2D eigenvalue weighted by molar-refractivity contribution is -0.127. The van der Waals surface area contributed by atoms with E-state index in [1.165, 1.54) is 10.6 Å². The van der Waals surface area contributed by atoms with Gasteiger partial charge in [-0.15, -0.1) is 0 Å². The minimum atomic E-state index is -3.22. The molecule has 1 saturated heterocycles. The van der Waals surface area contributed by atoms with Gasteiger partial charge in [0.2, 0.25) is 15.9 Å². The predicted molar refractivity (Wildman–Crippen MR) is 91.7 cm³/mol. The van der Waals surface area contributed by atoms with Crippen LogP contribution in [0.25, 0.3) is 0 Å². The van der Waals surface area contributed by atoms with Gasteiger partial charge in [-0.25, -0.2) is 12.7 Å². The summed E-state index contributed by atoms with van der Waals surface area (Å²) in [6.07, 6.45) is 2.08. The summed E-state index contributed by atoms with van der Waals surface area (Å²) in [5.74, 6) is -0.0792. The number of sulfonamides is 1. The summed E-state index contributed by atoms with van der Waals surface area (Å²) in [7, 11) is -3.22. The fourth-order valence-corrected chi connectivity index (χ4v) is 3.65. The van der Waals surface area contributed by atoms with Crippen LogP contribution in [0.15, 0.2) is 30.3 Å². The summed E-state index contributed by atoms with van der Waals surface area (Å²) in [5, 5.41) is 6.30. The minimum Gasteiger partial charge on any atom is -0.371 e. The third-order valence-corrected chi connectivity index (χ3v) is 5.36. The second kappa shape index (κ2) is 6.88. The van der Waals surface area contributed by atoms with E-state index < -0.39 is 15.6 Å². The van der Waals surface area contributed by atoms with E-state index in [4.69, 9.17) is 0 Å². The molecule has 128 valence electrons. The van der Waals surface area contributed by atoms with Gasteiger partial charge in [0.25, 0.3) is 0 Å². The van der Waals surface area contributed by atoms with E-state index in [-0.39, 0.29) is 11.9 Å². The molecule has 2 rings (SSSR count). The van der Waals surface area contributed by atoms with Crippen molar-refractivity contribution in [1.82, 2.24) is 9.62 Å². The Morgan fingerprint density at radius 3 is 2.22 bits per heavy atom. The first-order chi connectivity index (χ1) is 10.7. The van der Waals surface area contributed by atoms with Crippen LogP contribution < -0.4 is 10.6 Å². The Hall–Kier alpha value is -1.60. The summed E-state index contributed by atoms with van der Waals surface area (Å²) in [6.45, 7) is 4.51. The summed E-state index contributed by atoms with van der Waals surface area (Å²) < 4.78 is 24.8. The van der Waals surface area contributed by atoms with Gasteiger partial charge in [0.15, 0.2) is 0 Å². The molecule has 0 bridgehead atoms. The SMILES string of the molecule is CC(C)NC(=O)C1(Nc2ccccc2)CCN(S(C)(=O)=O)CC1. The highest BCUT2D eigenvalue weighted by molar-refractivity contribution is 7.88. The topological polar surface area (TPSA) is 78.5 Å². The Morgan fingerprint density at radius 1 is 1.17 bits per heavy atom. The number of carbonyl (C=O) groups excluding carboxylic acids is 1. The molecule has 1 fully saturated rings. The lowest BCUT2D eigenvalue weighted by Crippen LogP contribution is -2.59. The molecule has 0 aliphatic carbocycles. The molecule has 1 aromatic rings. The maximum absolute atomic E-state index is 12.7. The molecule has 0 atom stereocenters. The van der Waals surface area contributed by atoms with E-state index in [9.17, 15) is 13.2 Å². The lowest BCUT2D eigenvalue weighted by Gasteiger charge is -2.41. The number of benzene rings is 1. The van der Waals surface area contributed by atoms with Crippen LogP contribution >= 0.6 is 0 Å². The molecule has 0 radical (unpaired) electrons. The standard InChI is InChI=1S/C16H25N3O3S/c1-13(2)17-15(20)16(18-14-7-5-4-6-8-14)9-11-19(12-10-16)23(3,21)22/h4-8,13,18H,9-12H2,1-3H3,(H,17,20). The number of amides is 1. The zero-order chi connectivity index (χ0) is 17.1. The van der Waals surface area contributed by atoms with Gasteiger partial charge in [-0.1, -0.05) is 18.2 Å². The maximum Gasteiger partial charge on any atom is 0.245 e. The van der Waals surface area contributed by atoms with Gasteiger partial charge >= 0.3 is 0 Å². The molecule has 0 unspecified atom stereocenters. The van der Waals surface area contributed by atoms with Crippen molar-refractivity contribution in [2.45, 2.75) is 38.3 Å². The smallest absolute Gasteiger partial charge is 0.245 e. The number of anilines is 1. The number of rotatable bonds is 5. The van der Waals surface area contributed by atoms with Crippen LogP contribution in [0.5, 0.6) is 0 Å². The number of para-hydroxylation sites is 1. The van der Waals surface area contributed by atoms with Crippen molar-refractivity contribution < 1.29 is 13.2 Å². The van der Waals surface area contributed by atoms with Gasteiger partial charge in [0.1, 0.15) is 5.54 Å². The average Bonchev–Trinajstić information content (AvgIpc) is 2.47. The maximum atomic E-state index is 12.7. The van der Waals surface area contributed by atoms with Crippen LogP contribution in [0.3, 0.4) is 0 Å². The van der Waals surface area contributed by atoms with Gasteiger partial charge in [-0.2, -0.15) is 0 Å². The minimum absolute atomic E-state index is 0.0323. The molecule has 0 spiro atoms. The van der Waals surface area contributed by atoms with Crippen LogP contribution in [0, 0.1) is 0 Å². The highest BCUT2D eigenvalue weighted by atomic mass is 32.2. The van der Waals surface area contributed by atoms with Crippen molar-refractivity contribution in [1.29, 1.82) is 0 Å². The van der Waals surface area contributed by atoms with Gasteiger partial charge in [-0.05, 0) is 38.8 Å². The first-order valence-electron chi connectivity index (χ1n) is 7.82. The van der Waals surface area contributed by atoms with Gasteiger partial charge in [0, 0.05) is 24.8 Å². The van der Waals surface area contributed by atoms with Crippen molar-refractivity contribution in [2.24, 2.45) is 0 Å². The third-order valence-electron chi connectivity index (χ3n) is 4.06. The fourth-order valence-electron chi connectivity index (χ4n) is 2.81. The van der Waals surface area contributed by atoms with Gasteiger partial charge < -0.3 is 10.6 Å². The molecule has 1 amide bonds. The van der Waals surface area contributed by atoms with Crippen LogP contribution in [-0.4, -0.2) is 49.6 Å². The largest absolute Gasteiger partial charge is 0.371 e. The van der Waals surface area contributed by atoms with Crippen molar-refractivity contribution in [2.75, 3.05) is 24.7 Å². The van der Waals surface area contributed by atoms with E-state index in [1.54, 1.807) is 0 Å². The lowest BCUT2D eigenvalue weighted by atomic mass is 9.86. The Balaban J connectivity index is 2.22. The number of carbonyl (C=O) groups is 1. The summed E-state index contributed by atoms with van der Waals surface area (Å²) >= 11 is 0. The van der Waals surface area contributed by atoms with E-state index in [1.807, 2.05) is 44.2 Å². The molecule has 7 heteroatoms. The van der Waals surface area contributed by atoms with E-state index >= 15 is 0 Å². The number of nitrogens with one attached hydrogen (secondary N) is 2. The Kier molecular flexibility index (Phi) is 5.31. The number of nitrogens with zero attached hydrogens (tertiary/aromatic N) is 1. The molecule has 1 aliphatic heterocycles. The zero-order valence-corrected chi connectivity index (χ0v) is 14.7. The van der Waals surface area contributed by atoms with E-state index in [2.05, 4.69) is 10.6 Å². The van der Waals surface area contributed by atoms with Crippen molar-refractivity contribution >= 4 is 21.6 Å². The summed E-state index contributed by atoms with van der Waals surface area (Å²) in [4.78, 5) is 12.7. The fraction of sp³-hybridized carbons (Fsp3) is 0.562. The Labute approximate surface area is 138 Å². The number of hydrogen-bond acceptors (Lipinski definition) is 4. The monoisotopic (exact) mass is 339 g/mol. The second-order valence-electron chi connectivity index (χ2n) is 6.36. The van der Waals surface area contributed by atoms with Crippen LogP contribution in [-0.2, 0) is 14.8 Å². The summed E-state index contributed by atoms with van der Waals surface area (Å²) in [6, 6.07) is 9.58. The van der Waals surface area contributed by atoms with Crippen LogP contribution in [0.2, 0.25) is 0 Å². The first-order valence-corrected chi connectivity index (χ1v) is 9.67. The van der Waals surface area contributed by atoms with E-state index in [0.29, 0.717) is 25.9 Å². The number of hydrogen-bond donors (Lipinski definition) is 2. The molecule has 1 aliphatic rings. The molecular formula is C16H25N3O3S. The second-order valence-corrected chi connectivity index (χ2v) is 8.35. The average molecular weight is 339 g/mol. The predicted octanol–water partition coefficient (Wildman–Crippen LogP) is 1.42. The highest BCUT2D eigenvalue weighted by Crippen LogP contribution is 2.28. The molecule has 23 heavy (non-hydrogen) atoms. The molecular weight excluding hydrogens is 314 g/mol. The van der Waals surface area contributed by atoms with Crippen molar-refractivity contribution in [3.8, 4) is 0 Å². The van der Waals surface area contributed by atoms with Gasteiger partial charge in [-0.3, -0.25) is 4.79 Å². The number of piperidine rings is 1. The first kappa shape index (κ1) is 17.7. The van der Waals surface area contributed by atoms with Gasteiger partial charge in [0.05, 0.1) is 6.26 Å². The van der Waals surface area contributed by atoms with E-state index in [0.717, 1.165) is 5.69 Å². The molecule has 1 heterocycles. The Morgan fingerprint density at radius 2 is 1.74 bits per heavy atom. The Bertz CT molecular complexity index is 636. The molecule has 0 aromatic heterocycles. The highest BCUT2D eigenvalue weighted by Gasteiger charge is 2.43. The third kappa shape index (κ3) is 4.45. The summed E-state index contributed by atoms with van der Waals surface area (Å²) in [5.41, 5.74) is 0.0755. The molecule has 1 aromatic carbocycles. The van der Waals surface area contributed by atoms with Crippen molar-refractivity contribution in [3.63, 3.8) is 0 Å². The quantitative estimate of drug-likeness (QED) is 0.850.